The number of hydrogen-bond donors (Lipinski definition) is 1. The quantitative estimate of drug-likeness (QED) is 0.436. The molecule has 2 aliphatic rings. The Hall–Kier alpha value is -0.265. The van der Waals surface area contributed by atoms with E-state index in [1.165, 1.54) is 0 Å². The summed E-state index contributed by atoms with van der Waals surface area (Å²) in [6, 6.07) is -0.698. The van der Waals surface area contributed by atoms with Crippen molar-refractivity contribution in [3.8, 4) is 0 Å². The van der Waals surface area contributed by atoms with Gasteiger partial charge in [-0.2, -0.15) is 0 Å². The zero-order valence-electron chi connectivity index (χ0n) is 8.36. The van der Waals surface area contributed by atoms with Gasteiger partial charge in [-0.25, -0.2) is 0 Å². The molecule has 5 atom stereocenters. The molecule has 2 saturated heterocycles. The van der Waals surface area contributed by atoms with Crippen molar-refractivity contribution in [1.82, 2.24) is 0 Å². The Morgan fingerprint density at radius 1 is 1.69 bits per heavy atom. The van der Waals surface area contributed by atoms with Gasteiger partial charge in [-0.15, -0.1) is 9.42 Å². The number of ether oxygens (including phenoxy) is 3. The van der Waals surface area contributed by atoms with Crippen molar-refractivity contribution in [3.63, 3.8) is 0 Å². The maximum absolute atomic E-state index is 10.5. The van der Waals surface area contributed by atoms with Crippen LogP contribution < -0.4 is 0 Å². The molecule has 1 N–H and O–H groups in total. The summed E-state index contributed by atoms with van der Waals surface area (Å²) >= 11 is 4.76. The van der Waals surface area contributed by atoms with Crippen LogP contribution in [0.3, 0.4) is 0 Å². The fourth-order valence-corrected chi connectivity index (χ4v) is 2.41. The Morgan fingerprint density at radius 2 is 2.38 bits per heavy atom. The molecule has 0 saturated carbocycles. The van der Waals surface area contributed by atoms with Crippen LogP contribution in [0.1, 0.15) is 6.92 Å². The molecule has 86 valence electrons. The van der Waals surface area contributed by atoms with E-state index in [1.807, 2.05) is 0 Å². The predicted octanol–water partition coefficient (Wildman–Crippen LogP) is 0.00510. The monoisotopic (exact) mass is 263 g/mol. The van der Waals surface area contributed by atoms with Gasteiger partial charge in [-0.05, 0) is 6.92 Å². The van der Waals surface area contributed by atoms with Crippen molar-refractivity contribution < 1.29 is 28.2 Å². The maximum Gasteiger partial charge on any atom is 0.694 e. The van der Waals surface area contributed by atoms with Crippen LogP contribution in [0.25, 0.3) is 0 Å². The van der Waals surface area contributed by atoms with Crippen LogP contribution in [0.15, 0.2) is 0 Å². The smallest absolute Gasteiger partial charge is 0.448 e. The highest BCUT2D eigenvalue weighted by atomic mass is 32.1. The Kier molecular flexibility index (Phi) is 3.20. The molecule has 0 bridgehead atoms. The molecule has 0 spiro atoms. The number of hydrogen-bond acceptors (Lipinski definition) is 6. The van der Waals surface area contributed by atoms with Crippen molar-refractivity contribution in [2.75, 3.05) is 6.61 Å². The molecule has 2 radical (unpaired) electrons. The lowest BCUT2D eigenvalue weighted by atomic mass is 9.90. The highest BCUT2D eigenvalue weighted by Crippen LogP contribution is 2.39. The Bertz CT molecular complexity index is 341. The zero-order valence-corrected chi connectivity index (χ0v) is 10.1. The molecule has 2 fully saturated rings. The van der Waals surface area contributed by atoms with E-state index in [0.29, 0.717) is 0 Å². The van der Waals surface area contributed by atoms with Crippen LogP contribution in [-0.4, -0.2) is 48.4 Å². The van der Waals surface area contributed by atoms with Crippen LogP contribution in [0.2, 0.25) is 0 Å². The van der Waals surface area contributed by atoms with E-state index in [1.54, 1.807) is 6.92 Å². The average Bonchev–Trinajstić information content (AvgIpc) is 2.66. The van der Waals surface area contributed by atoms with Crippen molar-refractivity contribution in [3.05, 3.63) is 0 Å². The second kappa shape index (κ2) is 4.20. The van der Waals surface area contributed by atoms with E-state index < -0.39 is 32.1 Å². The van der Waals surface area contributed by atoms with Gasteiger partial charge in [-0.3, -0.25) is 0 Å². The van der Waals surface area contributed by atoms with Crippen molar-refractivity contribution in [2.24, 2.45) is 0 Å². The van der Waals surface area contributed by atoms with Crippen LogP contribution in [0.5, 0.6) is 0 Å². The summed E-state index contributed by atoms with van der Waals surface area (Å²) in [5.74, 6) is 0. The maximum atomic E-state index is 10.5. The van der Waals surface area contributed by atoms with Crippen LogP contribution in [-0.2, 0) is 23.3 Å². The lowest BCUT2D eigenvalue weighted by molar-refractivity contribution is -0.0749. The Balaban J connectivity index is 2.10. The molecule has 2 heterocycles. The first-order valence-electron chi connectivity index (χ1n) is 4.52. The lowest BCUT2D eigenvalue weighted by Crippen LogP contribution is -2.43. The van der Waals surface area contributed by atoms with Crippen molar-refractivity contribution in [2.45, 2.75) is 30.7 Å². The molecule has 0 aliphatic carbocycles. The fraction of sp³-hybridized carbons (Fsp3) is 0.857. The first-order chi connectivity index (χ1) is 7.42. The Morgan fingerprint density at radius 3 is 3.00 bits per heavy atom. The van der Waals surface area contributed by atoms with Crippen LogP contribution in [0, 0.1) is 0 Å². The summed E-state index contributed by atoms with van der Waals surface area (Å²) in [4.78, 5) is 8.59. The highest BCUT2D eigenvalue weighted by molar-refractivity contribution is 7.79. The summed E-state index contributed by atoms with van der Waals surface area (Å²) in [6.07, 6.45) is -1.03. The van der Waals surface area contributed by atoms with E-state index in [0.717, 1.165) is 0 Å². The number of fused-ring (bicyclic) bond motifs is 1. The minimum absolute atomic E-state index is 0.00774. The predicted molar refractivity (Wildman–Crippen MR) is 57.2 cm³/mol. The molecule has 0 aromatic carbocycles. The first-order valence-corrected chi connectivity index (χ1v) is 6.06. The van der Waals surface area contributed by atoms with E-state index in [9.17, 15) is 4.57 Å². The normalized spacial score (nSPS) is 42.5. The summed E-state index contributed by atoms with van der Waals surface area (Å²) in [6.45, 7) is 1.53. The second-order valence-electron chi connectivity index (χ2n) is 3.78. The largest absolute Gasteiger partial charge is 0.694 e. The minimum Gasteiger partial charge on any atom is -0.448 e. The van der Waals surface area contributed by atoms with Gasteiger partial charge < -0.3 is 14.2 Å². The molecule has 16 heavy (non-hydrogen) atoms. The minimum atomic E-state index is -2.69. The summed E-state index contributed by atoms with van der Waals surface area (Å²) in [7, 11) is 2.99. The summed E-state index contributed by atoms with van der Waals surface area (Å²) < 4.78 is 30.9. The lowest BCUT2D eigenvalue weighted by Gasteiger charge is -2.25. The van der Waals surface area contributed by atoms with Gasteiger partial charge in [0.25, 0.3) is 0 Å². The molecule has 2 rings (SSSR count). The standard InChI is InChI=1S/C7H8BO6PS/c1-7(2-11-15(9)10)4-3(5(8)14-7)12-6(16)13-4/h3-5H,2H2,1H3/p+1. The highest BCUT2D eigenvalue weighted by Gasteiger charge is 2.58. The second-order valence-corrected chi connectivity index (χ2v) is 4.84. The van der Waals surface area contributed by atoms with Gasteiger partial charge in [0.15, 0.2) is 12.2 Å². The molecule has 0 aromatic heterocycles. The van der Waals surface area contributed by atoms with Gasteiger partial charge in [0.05, 0.1) is 6.00 Å². The Labute approximate surface area is 99.6 Å². The van der Waals surface area contributed by atoms with Gasteiger partial charge in [-0.1, -0.05) is 0 Å². The van der Waals surface area contributed by atoms with E-state index in [2.05, 4.69) is 4.52 Å². The van der Waals surface area contributed by atoms with Crippen LogP contribution in [0.4, 0.5) is 0 Å². The third-order valence-corrected chi connectivity index (χ3v) is 3.09. The molecular weight excluding hydrogens is 254 g/mol. The number of rotatable bonds is 3. The topological polar surface area (TPSA) is 74.2 Å². The third-order valence-electron chi connectivity index (χ3n) is 2.55. The summed E-state index contributed by atoms with van der Waals surface area (Å²) in [5, 5.41) is 0.00774. The van der Waals surface area contributed by atoms with Gasteiger partial charge in [0, 0.05) is 16.8 Å². The molecule has 0 aromatic rings. The molecule has 6 nitrogen and oxygen atoms in total. The molecule has 2 aliphatic heterocycles. The SMILES string of the molecule is [B]C1OC(C)(CO[P+](=O)O)C2OC(=S)OC12. The van der Waals surface area contributed by atoms with Gasteiger partial charge in [0.2, 0.25) is 0 Å². The van der Waals surface area contributed by atoms with Crippen molar-refractivity contribution in [1.29, 1.82) is 0 Å². The average molecular weight is 263 g/mol. The fourth-order valence-electron chi connectivity index (χ4n) is 1.83. The van der Waals surface area contributed by atoms with Crippen molar-refractivity contribution >= 4 is 33.6 Å². The van der Waals surface area contributed by atoms with Crippen LogP contribution >= 0.6 is 20.5 Å². The van der Waals surface area contributed by atoms with Gasteiger partial charge >= 0.3 is 13.5 Å². The molecular formula is C7H9BO6PS+. The molecule has 9 heteroatoms. The van der Waals surface area contributed by atoms with Gasteiger partial charge in [0.1, 0.15) is 20.1 Å². The first kappa shape index (κ1) is 12.2. The van der Waals surface area contributed by atoms with E-state index >= 15 is 0 Å². The number of thiocarbonyl (C=S) groups is 1. The molecule has 0 amide bonds. The third kappa shape index (κ3) is 2.08. The molecule has 5 unspecified atom stereocenters. The van der Waals surface area contributed by atoms with E-state index in [4.69, 9.17) is 39.2 Å². The van der Waals surface area contributed by atoms with E-state index in [-0.39, 0.29) is 11.8 Å². The summed E-state index contributed by atoms with van der Waals surface area (Å²) in [5.41, 5.74) is -0.946. The zero-order chi connectivity index (χ0) is 11.9.